The molecule has 1 aliphatic heterocycles. The molecule has 2 aromatic rings. The van der Waals surface area contributed by atoms with Crippen molar-refractivity contribution in [2.45, 2.75) is 0 Å². The molecule has 0 spiro atoms. The second kappa shape index (κ2) is 6.96. The summed E-state index contributed by atoms with van der Waals surface area (Å²) in [6.45, 7) is 0.989. The molecule has 0 saturated carbocycles. The van der Waals surface area contributed by atoms with E-state index in [2.05, 4.69) is 5.32 Å². The van der Waals surface area contributed by atoms with Gasteiger partial charge in [0.05, 0.1) is 0 Å². The van der Waals surface area contributed by atoms with Gasteiger partial charge in [-0.25, -0.2) is 4.79 Å². The second-order valence-corrected chi connectivity index (χ2v) is 5.26. The fourth-order valence-electron chi connectivity index (χ4n) is 2.30. The number of nitrogens with one attached hydrogen (secondary N) is 1. The summed E-state index contributed by atoms with van der Waals surface area (Å²) >= 11 is 0. The third-order valence-corrected chi connectivity index (χ3v) is 3.49. The highest BCUT2D eigenvalue weighted by molar-refractivity contribution is 6.03. The summed E-state index contributed by atoms with van der Waals surface area (Å²) in [6, 6.07) is 9.14. The summed E-state index contributed by atoms with van der Waals surface area (Å²) in [5.74, 6) is -0.786. The van der Waals surface area contributed by atoms with Crippen molar-refractivity contribution in [1.82, 2.24) is 0 Å². The van der Waals surface area contributed by atoms with Crippen molar-refractivity contribution in [2.75, 3.05) is 18.5 Å². The Morgan fingerprint density at radius 2 is 1.80 bits per heavy atom. The van der Waals surface area contributed by atoms with Crippen LogP contribution in [0.2, 0.25) is 0 Å². The van der Waals surface area contributed by atoms with Gasteiger partial charge in [-0.1, -0.05) is 6.07 Å². The van der Waals surface area contributed by atoms with Crippen LogP contribution >= 0.6 is 0 Å². The number of carboxylic acid groups (broad SMARTS) is 1. The van der Waals surface area contributed by atoms with E-state index < -0.39 is 11.9 Å². The van der Waals surface area contributed by atoms with Crippen LogP contribution in [0.3, 0.4) is 0 Å². The van der Waals surface area contributed by atoms with Gasteiger partial charge in [-0.2, -0.15) is 0 Å². The zero-order valence-corrected chi connectivity index (χ0v) is 13.1. The summed E-state index contributed by atoms with van der Waals surface area (Å²) in [5, 5.41) is 21.0. The monoisotopic (exact) mass is 341 g/mol. The second-order valence-electron chi connectivity index (χ2n) is 5.26. The lowest BCUT2D eigenvalue weighted by molar-refractivity contribution is -0.111. The molecule has 1 heterocycles. The average molecular weight is 341 g/mol. The topological polar surface area (TPSA) is 105 Å². The molecule has 25 heavy (non-hydrogen) atoms. The van der Waals surface area contributed by atoms with E-state index in [1.54, 1.807) is 24.3 Å². The molecule has 0 unspecified atom stereocenters. The summed E-state index contributed by atoms with van der Waals surface area (Å²) in [5.41, 5.74) is 0.747. The number of anilines is 1. The van der Waals surface area contributed by atoms with Gasteiger partial charge in [0, 0.05) is 11.8 Å². The molecule has 1 aliphatic rings. The molecule has 3 rings (SSSR count). The van der Waals surface area contributed by atoms with E-state index in [0.29, 0.717) is 24.7 Å². The zero-order chi connectivity index (χ0) is 17.8. The van der Waals surface area contributed by atoms with Crippen LogP contribution in [-0.4, -0.2) is 35.3 Å². The number of rotatable bonds is 4. The first-order chi connectivity index (χ1) is 12.0. The Labute approximate surface area is 143 Å². The first-order valence-electron chi connectivity index (χ1n) is 7.48. The number of fused-ring (bicyclic) bond motifs is 1. The smallest absolute Gasteiger partial charge is 0.339 e. The van der Waals surface area contributed by atoms with Crippen LogP contribution in [0.4, 0.5) is 5.69 Å². The van der Waals surface area contributed by atoms with Crippen LogP contribution in [0, 0.1) is 0 Å². The van der Waals surface area contributed by atoms with E-state index in [9.17, 15) is 14.7 Å². The SMILES string of the molecule is O=C(C=Cc1ccc2c(c1)OCCO2)Nc1ccc(O)c(C(=O)O)c1. The maximum atomic E-state index is 12.0. The van der Waals surface area contributed by atoms with Gasteiger partial charge in [-0.05, 0) is 42.0 Å². The molecule has 0 aliphatic carbocycles. The maximum absolute atomic E-state index is 12.0. The number of hydrogen-bond acceptors (Lipinski definition) is 5. The van der Waals surface area contributed by atoms with Crippen LogP contribution < -0.4 is 14.8 Å². The number of carbonyl (C=O) groups excluding carboxylic acids is 1. The van der Waals surface area contributed by atoms with Crippen molar-refractivity contribution in [2.24, 2.45) is 0 Å². The van der Waals surface area contributed by atoms with Gasteiger partial charge < -0.3 is 25.0 Å². The number of carbonyl (C=O) groups is 2. The summed E-state index contributed by atoms with van der Waals surface area (Å²) in [4.78, 5) is 23.0. The highest BCUT2D eigenvalue weighted by Crippen LogP contribution is 2.31. The average Bonchev–Trinajstić information content (AvgIpc) is 2.61. The highest BCUT2D eigenvalue weighted by Gasteiger charge is 2.12. The van der Waals surface area contributed by atoms with Gasteiger partial charge >= 0.3 is 5.97 Å². The molecule has 1 amide bonds. The summed E-state index contributed by atoms with van der Waals surface area (Å²) in [7, 11) is 0. The van der Waals surface area contributed by atoms with Crippen molar-refractivity contribution in [1.29, 1.82) is 0 Å². The van der Waals surface area contributed by atoms with E-state index in [1.807, 2.05) is 0 Å². The normalized spacial score (nSPS) is 12.8. The fourth-order valence-corrected chi connectivity index (χ4v) is 2.30. The van der Waals surface area contributed by atoms with E-state index >= 15 is 0 Å². The molecule has 0 bridgehead atoms. The maximum Gasteiger partial charge on any atom is 0.339 e. The van der Waals surface area contributed by atoms with E-state index in [-0.39, 0.29) is 17.0 Å². The quantitative estimate of drug-likeness (QED) is 0.583. The van der Waals surface area contributed by atoms with Crippen molar-refractivity contribution < 1.29 is 29.3 Å². The molecule has 7 nitrogen and oxygen atoms in total. The Morgan fingerprint density at radius 1 is 1.04 bits per heavy atom. The van der Waals surface area contributed by atoms with Gasteiger partial charge in [-0.3, -0.25) is 4.79 Å². The van der Waals surface area contributed by atoms with E-state index in [0.717, 1.165) is 5.56 Å². The molecule has 0 aromatic heterocycles. The first kappa shape index (κ1) is 16.4. The molecule has 3 N–H and O–H groups in total. The molecular formula is C18H15NO6. The third-order valence-electron chi connectivity index (χ3n) is 3.49. The highest BCUT2D eigenvalue weighted by atomic mass is 16.6. The molecule has 128 valence electrons. The number of carboxylic acids is 1. The lowest BCUT2D eigenvalue weighted by atomic mass is 10.1. The predicted octanol–water partition coefficient (Wildman–Crippen LogP) is 2.51. The predicted molar refractivity (Wildman–Crippen MR) is 90.2 cm³/mol. The lowest BCUT2D eigenvalue weighted by Crippen LogP contribution is -2.15. The largest absolute Gasteiger partial charge is 0.507 e. The van der Waals surface area contributed by atoms with Crippen LogP contribution in [0.1, 0.15) is 15.9 Å². The molecule has 2 aromatic carbocycles. The van der Waals surface area contributed by atoms with Crippen molar-refractivity contribution in [3.63, 3.8) is 0 Å². The standard InChI is InChI=1S/C18H15NO6/c20-14-4-3-12(10-13(14)18(22)23)19-17(21)6-2-11-1-5-15-16(9-11)25-8-7-24-15/h1-6,9-10,20H,7-8H2,(H,19,21)(H,22,23). The summed E-state index contributed by atoms with van der Waals surface area (Å²) in [6.07, 6.45) is 2.92. The fraction of sp³-hybridized carbons (Fsp3) is 0.111. The minimum atomic E-state index is -1.28. The molecule has 7 heteroatoms. The Hall–Kier alpha value is -3.48. The van der Waals surface area contributed by atoms with Crippen LogP contribution in [0.15, 0.2) is 42.5 Å². The number of amides is 1. The third kappa shape index (κ3) is 3.89. The van der Waals surface area contributed by atoms with Gasteiger partial charge in [-0.15, -0.1) is 0 Å². The number of ether oxygens (including phenoxy) is 2. The Kier molecular flexibility index (Phi) is 4.56. The van der Waals surface area contributed by atoms with Crippen molar-refractivity contribution >= 4 is 23.6 Å². The number of phenols is 1. The van der Waals surface area contributed by atoms with Gasteiger partial charge in [0.25, 0.3) is 0 Å². The molecule has 0 radical (unpaired) electrons. The van der Waals surface area contributed by atoms with E-state index in [4.69, 9.17) is 14.6 Å². The first-order valence-corrected chi connectivity index (χ1v) is 7.48. The van der Waals surface area contributed by atoms with Crippen LogP contribution in [0.5, 0.6) is 17.2 Å². The van der Waals surface area contributed by atoms with E-state index in [1.165, 1.54) is 24.3 Å². The molecule has 0 saturated heterocycles. The number of hydrogen-bond donors (Lipinski definition) is 3. The number of aromatic hydroxyl groups is 1. The van der Waals surface area contributed by atoms with Gasteiger partial charge in [0.1, 0.15) is 24.5 Å². The number of aromatic carboxylic acids is 1. The lowest BCUT2D eigenvalue weighted by Gasteiger charge is -2.18. The van der Waals surface area contributed by atoms with Gasteiger partial charge in [0.2, 0.25) is 5.91 Å². The minimum Gasteiger partial charge on any atom is -0.507 e. The Morgan fingerprint density at radius 3 is 2.56 bits per heavy atom. The Bertz CT molecular complexity index is 859. The molecular weight excluding hydrogens is 326 g/mol. The Balaban J connectivity index is 1.69. The zero-order valence-electron chi connectivity index (χ0n) is 13.1. The minimum absolute atomic E-state index is 0.270. The summed E-state index contributed by atoms with van der Waals surface area (Å²) < 4.78 is 10.9. The van der Waals surface area contributed by atoms with Crippen LogP contribution in [-0.2, 0) is 4.79 Å². The number of benzene rings is 2. The van der Waals surface area contributed by atoms with Crippen molar-refractivity contribution in [3.05, 3.63) is 53.6 Å². The molecule has 0 fully saturated rings. The molecule has 0 atom stereocenters. The van der Waals surface area contributed by atoms with Crippen LogP contribution in [0.25, 0.3) is 6.08 Å². The van der Waals surface area contributed by atoms with Gasteiger partial charge in [0.15, 0.2) is 11.5 Å². The van der Waals surface area contributed by atoms with Crippen molar-refractivity contribution in [3.8, 4) is 17.2 Å².